The fourth-order valence-electron chi connectivity index (χ4n) is 3.58. The molecule has 2 aromatic carbocycles. The topological polar surface area (TPSA) is 64.1 Å². The molecule has 0 aromatic heterocycles. The molecule has 2 N–H and O–H groups in total. The molecule has 0 aliphatic carbocycles. The average Bonchev–Trinajstić information content (AvgIpc) is 2.86. The van der Waals surface area contributed by atoms with Crippen molar-refractivity contribution in [1.29, 1.82) is 0 Å². The Morgan fingerprint density at radius 3 is 2.42 bits per heavy atom. The predicted molar refractivity (Wildman–Crippen MR) is 144 cm³/mol. The Morgan fingerprint density at radius 2 is 1.73 bits per heavy atom. The number of rotatable bonds is 11. The second kappa shape index (κ2) is 16.0. The number of nitrogens with one attached hydrogen (secondary N) is 2. The van der Waals surface area contributed by atoms with Crippen molar-refractivity contribution in [3.63, 3.8) is 0 Å². The third kappa shape index (κ3) is 10.4. The Bertz CT molecular complexity index is 796. The lowest BCUT2D eigenvalue weighted by Crippen LogP contribution is -2.37. The molecule has 182 valence electrons. The van der Waals surface area contributed by atoms with Crippen molar-refractivity contribution in [1.82, 2.24) is 10.6 Å². The molecule has 1 aliphatic heterocycles. The third-order valence-electron chi connectivity index (χ3n) is 5.61. The van der Waals surface area contributed by atoms with E-state index in [0.29, 0.717) is 19.3 Å². The molecule has 0 radical (unpaired) electrons. The van der Waals surface area contributed by atoms with Crippen LogP contribution in [-0.2, 0) is 27.4 Å². The maximum atomic E-state index is 5.99. The number of hydrogen-bond donors (Lipinski definition) is 2. The van der Waals surface area contributed by atoms with Crippen molar-refractivity contribution in [2.24, 2.45) is 4.99 Å². The molecule has 0 spiro atoms. The van der Waals surface area contributed by atoms with Crippen LogP contribution in [0, 0.1) is 0 Å². The van der Waals surface area contributed by atoms with Crippen molar-refractivity contribution in [2.45, 2.75) is 51.5 Å². The van der Waals surface area contributed by atoms with Crippen LogP contribution in [0.15, 0.2) is 59.6 Å². The van der Waals surface area contributed by atoms with Gasteiger partial charge in [-0.1, -0.05) is 54.6 Å². The monoisotopic (exact) mass is 567 g/mol. The van der Waals surface area contributed by atoms with Crippen LogP contribution in [0.25, 0.3) is 0 Å². The van der Waals surface area contributed by atoms with Gasteiger partial charge in [-0.15, -0.1) is 24.0 Å². The van der Waals surface area contributed by atoms with E-state index in [1.54, 1.807) is 7.05 Å². The highest BCUT2D eigenvalue weighted by Crippen LogP contribution is 2.16. The molecule has 7 heteroatoms. The van der Waals surface area contributed by atoms with E-state index in [-0.39, 0.29) is 30.1 Å². The minimum atomic E-state index is 0. The Labute approximate surface area is 215 Å². The summed E-state index contributed by atoms with van der Waals surface area (Å²) in [5.41, 5.74) is 3.62. The van der Waals surface area contributed by atoms with Gasteiger partial charge in [-0.05, 0) is 42.9 Å². The van der Waals surface area contributed by atoms with E-state index in [0.717, 1.165) is 51.5 Å². The standard InChI is InChI=1S/C26H37N3O3.HI/c1-21(24-7-4-3-5-8-24)31-16-6-15-28-26(27-2)29-19-22-9-11-23(12-10-22)20-32-25-13-17-30-18-14-25;/h3-5,7-12,21,25H,6,13-20H2,1-2H3,(H2,27,28,29);1H. The van der Waals surface area contributed by atoms with Gasteiger partial charge in [-0.2, -0.15) is 0 Å². The molecule has 1 unspecified atom stereocenters. The van der Waals surface area contributed by atoms with Gasteiger partial charge < -0.3 is 24.8 Å². The first-order valence-electron chi connectivity index (χ1n) is 11.6. The first-order valence-corrected chi connectivity index (χ1v) is 11.6. The lowest BCUT2D eigenvalue weighted by molar-refractivity contribution is -0.0390. The van der Waals surface area contributed by atoms with Gasteiger partial charge in [-0.25, -0.2) is 0 Å². The van der Waals surface area contributed by atoms with Crippen LogP contribution in [0.2, 0.25) is 0 Å². The molecule has 0 amide bonds. The summed E-state index contributed by atoms with van der Waals surface area (Å²) in [7, 11) is 1.79. The van der Waals surface area contributed by atoms with E-state index < -0.39 is 0 Å². The van der Waals surface area contributed by atoms with Crippen LogP contribution in [0.5, 0.6) is 0 Å². The number of guanidine groups is 1. The molecule has 33 heavy (non-hydrogen) atoms. The number of halogens is 1. The van der Waals surface area contributed by atoms with Crippen LogP contribution in [0.1, 0.15) is 49.0 Å². The smallest absolute Gasteiger partial charge is 0.191 e. The summed E-state index contributed by atoms with van der Waals surface area (Å²) < 4.78 is 17.3. The van der Waals surface area contributed by atoms with Crippen molar-refractivity contribution in [3.05, 3.63) is 71.3 Å². The number of aliphatic imine (C=N–C) groups is 1. The highest BCUT2D eigenvalue weighted by Gasteiger charge is 2.13. The largest absolute Gasteiger partial charge is 0.381 e. The van der Waals surface area contributed by atoms with Crippen LogP contribution in [0.4, 0.5) is 0 Å². The fraction of sp³-hybridized carbons (Fsp3) is 0.500. The molecule has 1 aliphatic rings. The number of benzene rings is 2. The van der Waals surface area contributed by atoms with Gasteiger partial charge >= 0.3 is 0 Å². The summed E-state index contributed by atoms with van der Waals surface area (Å²) in [6.07, 6.45) is 3.34. The molecule has 3 rings (SSSR count). The summed E-state index contributed by atoms with van der Waals surface area (Å²) in [4.78, 5) is 4.31. The van der Waals surface area contributed by atoms with E-state index >= 15 is 0 Å². The average molecular weight is 568 g/mol. The normalized spacial score (nSPS) is 15.5. The summed E-state index contributed by atoms with van der Waals surface area (Å²) >= 11 is 0. The van der Waals surface area contributed by atoms with Gasteiger partial charge in [0.25, 0.3) is 0 Å². The minimum absolute atomic E-state index is 0. The van der Waals surface area contributed by atoms with E-state index in [1.165, 1.54) is 16.7 Å². The molecular formula is C26H38IN3O3. The fourth-order valence-corrected chi connectivity index (χ4v) is 3.58. The Hall–Kier alpha value is -1.68. The molecule has 1 atom stereocenters. The summed E-state index contributed by atoms with van der Waals surface area (Å²) in [5.74, 6) is 0.799. The first kappa shape index (κ1) is 27.6. The number of ether oxygens (including phenoxy) is 3. The van der Waals surface area contributed by atoms with Crippen molar-refractivity contribution in [2.75, 3.05) is 33.4 Å². The highest BCUT2D eigenvalue weighted by atomic mass is 127. The maximum absolute atomic E-state index is 5.99. The zero-order valence-corrected chi connectivity index (χ0v) is 22.1. The molecule has 0 bridgehead atoms. The van der Waals surface area contributed by atoms with Crippen LogP contribution < -0.4 is 10.6 Å². The summed E-state index contributed by atoms with van der Waals surface area (Å²) in [6.45, 7) is 6.61. The second-order valence-electron chi connectivity index (χ2n) is 8.07. The molecule has 2 aromatic rings. The van der Waals surface area contributed by atoms with Gasteiger partial charge in [0.2, 0.25) is 0 Å². The summed E-state index contributed by atoms with van der Waals surface area (Å²) in [5, 5.41) is 6.72. The van der Waals surface area contributed by atoms with Gasteiger partial charge in [0, 0.05) is 40.0 Å². The van der Waals surface area contributed by atoms with E-state index in [4.69, 9.17) is 14.2 Å². The second-order valence-corrected chi connectivity index (χ2v) is 8.07. The van der Waals surface area contributed by atoms with Crippen LogP contribution in [0.3, 0.4) is 0 Å². The van der Waals surface area contributed by atoms with E-state index in [2.05, 4.69) is 58.9 Å². The van der Waals surface area contributed by atoms with Gasteiger partial charge in [0.15, 0.2) is 5.96 Å². The molecule has 1 saturated heterocycles. The molecular weight excluding hydrogens is 529 g/mol. The Kier molecular flexibility index (Phi) is 13.4. The number of nitrogens with zero attached hydrogens (tertiary/aromatic N) is 1. The van der Waals surface area contributed by atoms with Gasteiger partial charge in [-0.3, -0.25) is 4.99 Å². The van der Waals surface area contributed by atoms with Crippen molar-refractivity contribution >= 4 is 29.9 Å². The van der Waals surface area contributed by atoms with Crippen molar-refractivity contribution < 1.29 is 14.2 Å². The van der Waals surface area contributed by atoms with Gasteiger partial charge in [0.1, 0.15) is 0 Å². The molecule has 1 fully saturated rings. The number of hydrogen-bond acceptors (Lipinski definition) is 4. The highest BCUT2D eigenvalue weighted by molar-refractivity contribution is 14.0. The van der Waals surface area contributed by atoms with Crippen LogP contribution >= 0.6 is 24.0 Å². The quantitative estimate of drug-likeness (QED) is 0.176. The summed E-state index contributed by atoms with van der Waals surface area (Å²) in [6, 6.07) is 18.9. The van der Waals surface area contributed by atoms with Gasteiger partial charge in [0.05, 0.1) is 18.8 Å². The zero-order valence-electron chi connectivity index (χ0n) is 19.8. The molecule has 1 heterocycles. The zero-order chi connectivity index (χ0) is 22.4. The molecule has 0 saturated carbocycles. The Morgan fingerprint density at radius 1 is 1.03 bits per heavy atom. The van der Waals surface area contributed by atoms with E-state index in [9.17, 15) is 0 Å². The lowest BCUT2D eigenvalue weighted by Gasteiger charge is -2.22. The maximum Gasteiger partial charge on any atom is 0.191 e. The SMILES string of the molecule is CN=C(NCCCOC(C)c1ccccc1)NCc1ccc(COC2CCOCC2)cc1.I. The molecule has 6 nitrogen and oxygen atoms in total. The predicted octanol–water partition coefficient (Wildman–Crippen LogP) is 4.83. The first-order chi connectivity index (χ1) is 15.7. The third-order valence-corrected chi connectivity index (χ3v) is 5.61. The minimum Gasteiger partial charge on any atom is -0.381 e. The van der Waals surface area contributed by atoms with Crippen LogP contribution in [-0.4, -0.2) is 45.5 Å². The Balaban J connectivity index is 0.00000385. The van der Waals surface area contributed by atoms with Crippen molar-refractivity contribution in [3.8, 4) is 0 Å². The lowest BCUT2D eigenvalue weighted by atomic mass is 10.1. The van der Waals surface area contributed by atoms with E-state index in [1.807, 2.05) is 18.2 Å².